The van der Waals surface area contributed by atoms with Gasteiger partial charge in [-0.05, 0) is 44.5 Å². The van der Waals surface area contributed by atoms with Gasteiger partial charge in [-0.2, -0.15) is 0 Å². The van der Waals surface area contributed by atoms with Crippen molar-refractivity contribution in [1.82, 2.24) is 5.32 Å². The zero-order chi connectivity index (χ0) is 21.6. The van der Waals surface area contributed by atoms with Gasteiger partial charge in [-0.1, -0.05) is 30.3 Å². The van der Waals surface area contributed by atoms with Crippen LogP contribution in [-0.4, -0.2) is 30.7 Å². The first-order valence-corrected chi connectivity index (χ1v) is 10.6. The molecule has 2 aromatic rings. The number of carbonyl (C=O) groups is 2. The van der Waals surface area contributed by atoms with Crippen molar-refractivity contribution in [3.05, 3.63) is 65.2 Å². The highest BCUT2D eigenvalue weighted by atomic mass is 16.6. The van der Waals surface area contributed by atoms with Gasteiger partial charge in [-0.3, -0.25) is 10.1 Å². The molecule has 1 saturated heterocycles. The van der Waals surface area contributed by atoms with Gasteiger partial charge in [0.05, 0.1) is 13.1 Å². The van der Waals surface area contributed by atoms with E-state index in [1.165, 1.54) is 31.5 Å². The third-order valence-electron chi connectivity index (χ3n) is 5.01. The molecular formula is C24H32N3O3+. The standard InChI is InChI=1S/C24H31N3O3/c1-24(2,3)30-23(29)26-21-8-6-7-20(15-21)22(28)25-16-18-9-11-19(12-10-18)17-27-13-4-5-14-27/h6-12,15H,4-5,13-14,16-17H2,1-3H3,(H,25,28)(H,26,29)/p+1. The maximum absolute atomic E-state index is 12.5. The Kier molecular flexibility index (Phi) is 7.11. The van der Waals surface area contributed by atoms with Crippen LogP contribution >= 0.6 is 0 Å². The molecule has 0 aromatic heterocycles. The molecule has 0 saturated carbocycles. The molecule has 6 nitrogen and oxygen atoms in total. The predicted octanol–water partition coefficient (Wildman–Crippen LogP) is 3.14. The third-order valence-corrected chi connectivity index (χ3v) is 5.01. The van der Waals surface area contributed by atoms with Crippen LogP contribution < -0.4 is 15.5 Å². The molecule has 1 heterocycles. The van der Waals surface area contributed by atoms with Crippen molar-refractivity contribution in [2.45, 2.75) is 52.3 Å². The number of nitrogens with one attached hydrogen (secondary N) is 3. The Morgan fingerprint density at radius 1 is 1.00 bits per heavy atom. The molecule has 3 rings (SSSR count). The number of hydrogen-bond acceptors (Lipinski definition) is 3. The predicted molar refractivity (Wildman–Crippen MR) is 118 cm³/mol. The molecule has 3 N–H and O–H groups in total. The SMILES string of the molecule is CC(C)(C)OC(=O)Nc1cccc(C(=O)NCc2ccc(C[NH+]3CCCC3)cc2)c1. The van der Waals surface area contributed by atoms with Gasteiger partial charge in [0.1, 0.15) is 12.1 Å². The van der Waals surface area contributed by atoms with Crippen molar-refractivity contribution in [3.63, 3.8) is 0 Å². The summed E-state index contributed by atoms with van der Waals surface area (Å²) in [4.78, 5) is 26.1. The molecule has 2 aromatic carbocycles. The molecule has 1 aliphatic heterocycles. The van der Waals surface area contributed by atoms with Crippen LogP contribution in [0.5, 0.6) is 0 Å². The normalized spacial score (nSPS) is 14.4. The molecule has 0 bridgehead atoms. The van der Waals surface area contributed by atoms with E-state index in [4.69, 9.17) is 4.74 Å². The summed E-state index contributed by atoms with van der Waals surface area (Å²) < 4.78 is 5.25. The largest absolute Gasteiger partial charge is 0.444 e. The first-order valence-electron chi connectivity index (χ1n) is 10.6. The molecule has 160 valence electrons. The molecule has 0 aliphatic carbocycles. The van der Waals surface area contributed by atoms with Gasteiger partial charge in [0.2, 0.25) is 0 Å². The van der Waals surface area contributed by atoms with E-state index in [0.29, 0.717) is 17.8 Å². The molecule has 0 spiro atoms. The van der Waals surface area contributed by atoms with E-state index >= 15 is 0 Å². The Labute approximate surface area is 178 Å². The summed E-state index contributed by atoms with van der Waals surface area (Å²) in [5.74, 6) is -0.187. The van der Waals surface area contributed by atoms with E-state index in [-0.39, 0.29) is 5.91 Å². The van der Waals surface area contributed by atoms with E-state index in [1.807, 2.05) is 0 Å². The minimum atomic E-state index is -0.579. The van der Waals surface area contributed by atoms with E-state index in [9.17, 15) is 9.59 Å². The lowest BCUT2D eigenvalue weighted by Gasteiger charge is -2.19. The number of amides is 2. The van der Waals surface area contributed by atoms with Crippen LogP contribution in [0.15, 0.2) is 48.5 Å². The van der Waals surface area contributed by atoms with Crippen LogP contribution in [0, 0.1) is 0 Å². The Bertz CT molecular complexity index is 866. The van der Waals surface area contributed by atoms with E-state index < -0.39 is 11.7 Å². The monoisotopic (exact) mass is 410 g/mol. The zero-order valence-electron chi connectivity index (χ0n) is 18.1. The highest BCUT2D eigenvalue weighted by Crippen LogP contribution is 2.14. The van der Waals surface area contributed by atoms with Gasteiger partial charge in [0.25, 0.3) is 5.91 Å². The number of rotatable bonds is 6. The molecule has 1 fully saturated rings. The van der Waals surface area contributed by atoms with Crippen molar-refractivity contribution < 1.29 is 19.2 Å². The summed E-state index contributed by atoms with van der Waals surface area (Å²) in [6.07, 6.45) is 2.11. The Morgan fingerprint density at radius 2 is 1.67 bits per heavy atom. The van der Waals surface area contributed by atoms with Crippen LogP contribution in [0.4, 0.5) is 10.5 Å². The number of benzene rings is 2. The smallest absolute Gasteiger partial charge is 0.412 e. The Balaban J connectivity index is 1.51. The van der Waals surface area contributed by atoms with Gasteiger partial charge < -0.3 is 15.0 Å². The van der Waals surface area contributed by atoms with Crippen molar-refractivity contribution in [2.24, 2.45) is 0 Å². The molecule has 30 heavy (non-hydrogen) atoms. The second-order valence-corrected chi connectivity index (χ2v) is 8.84. The maximum Gasteiger partial charge on any atom is 0.412 e. The highest BCUT2D eigenvalue weighted by molar-refractivity contribution is 5.96. The number of likely N-dealkylation sites (tertiary alicyclic amines) is 1. The van der Waals surface area contributed by atoms with Crippen LogP contribution in [0.25, 0.3) is 0 Å². The van der Waals surface area contributed by atoms with E-state index in [2.05, 4.69) is 34.9 Å². The van der Waals surface area contributed by atoms with Crippen LogP contribution in [0.2, 0.25) is 0 Å². The minimum Gasteiger partial charge on any atom is -0.444 e. The molecule has 0 unspecified atom stereocenters. The van der Waals surface area contributed by atoms with Gasteiger partial charge in [-0.25, -0.2) is 4.79 Å². The second kappa shape index (κ2) is 9.76. The first-order chi connectivity index (χ1) is 14.3. The zero-order valence-corrected chi connectivity index (χ0v) is 18.1. The fraction of sp³-hybridized carbons (Fsp3) is 0.417. The number of hydrogen-bond donors (Lipinski definition) is 3. The lowest BCUT2D eigenvalue weighted by molar-refractivity contribution is -0.901. The van der Waals surface area contributed by atoms with E-state index in [1.54, 1.807) is 49.9 Å². The Hall–Kier alpha value is -2.86. The fourth-order valence-electron chi connectivity index (χ4n) is 3.56. The molecule has 0 radical (unpaired) electrons. The quantitative estimate of drug-likeness (QED) is 0.685. The van der Waals surface area contributed by atoms with Crippen molar-refractivity contribution in [1.29, 1.82) is 0 Å². The summed E-state index contributed by atoms with van der Waals surface area (Å²) in [6, 6.07) is 15.3. The van der Waals surface area contributed by atoms with Gasteiger partial charge in [0, 0.05) is 36.2 Å². The highest BCUT2D eigenvalue weighted by Gasteiger charge is 2.17. The van der Waals surface area contributed by atoms with Crippen LogP contribution in [-0.2, 0) is 17.8 Å². The van der Waals surface area contributed by atoms with Crippen LogP contribution in [0.3, 0.4) is 0 Å². The fourth-order valence-corrected chi connectivity index (χ4v) is 3.56. The molecule has 1 aliphatic rings. The molecule has 0 atom stereocenters. The minimum absolute atomic E-state index is 0.187. The van der Waals surface area contributed by atoms with Crippen LogP contribution in [0.1, 0.15) is 55.1 Å². The van der Waals surface area contributed by atoms with Crippen molar-refractivity contribution in [2.75, 3.05) is 18.4 Å². The topological polar surface area (TPSA) is 71.9 Å². The molecule has 2 amide bonds. The number of carbonyl (C=O) groups excluding carboxylic acids is 2. The summed E-state index contributed by atoms with van der Waals surface area (Å²) in [6.45, 7) is 9.46. The average molecular weight is 411 g/mol. The molecule has 6 heteroatoms. The van der Waals surface area contributed by atoms with Crippen molar-refractivity contribution >= 4 is 17.7 Å². The van der Waals surface area contributed by atoms with Gasteiger partial charge in [0.15, 0.2) is 0 Å². The number of quaternary nitrogens is 1. The number of anilines is 1. The second-order valence-electron chi connectivity index (χ2n) is 8.84. The Morgan fingerprint density at radius 3 is 2.33 bits per heavy atom. The lowest BCUT2D eigenvalue weighted by atomic mass is 10.1. The molecular weight excluding hydrogens is 378 g/mol. The number of ether oxygens (including phenoxy) is 1. The third kappa shape index (κ3) is 6.88. The maximum atomic E-state index is 12.5. The van der Waals surface area contributed by atoms with Gasteiger partial charge in [-0.15, -0.1) is 0 Å². The van der Waals surface area contributed by atoms with Gasteiger partial charge >= 0.3 is 6.09 Å². The lowest BCUT2D eigenvalue weighted by Crippen LogP contribution is -3.08. The van der Waals surface area contributed by atoms with E-state index in [0.717, 1.165) is 12.1 Å². The first kappa shape index (κ1) is 21.8. The summed E-state index contributed by atoms with van der Waals surface area (Å²) in [7, 11) is 0. The summed E-state index contributed by atoms with van der Waals surface area (Å²) in [5.41, 5.74) is 2.82. The summed E-state index contributed by atoms with van der Waals surface area (Å²) >= 11 is 0. The average Bonchev–Trinajstić information content (AvgIpc) is 3.19. The summed E-state index contributed by atoms with van der Waals surface area (Å²) in [5, 5.41) is 5.60. The van der Waals surface area contributed by atoms with Crippen molar-refractivity contribution in [3.8, 4) is 0 Å².